The van der Waals surface area contributed by atoms with E-state index in [1.807, 2.05) is 37.3 Å². The van der Waals surface area contributed by atoms with E-state index in [1.165, 1.54) is 0 Å². The highest BCUT2D eigenvalue weighted by Crippen LogP contribution is 2.29. The van der Waals surface area contributed by atoms with Crippen molar-refractivity contribution in [1.29, 1.82) is 0 Å². The van der Waals surface area contributed by atoms with E-state index >= 15 is 0 Å². The van der Waals surface area contributed by atoms with E-state index in [0.717, 1.165) is 28.9 Å². The Hall–Kier alpha value is -3.23. The molecule has 5 rings (SSSR count). The summed E-state index contributed by atoms with van der Waals surface area (Å²) in [5.41, 5.74) is 4.25. The van der Waals surface area contributed by atoms with Crippen molar-refractivity contribution in [3.05, 3.63) is 63.7 Å². The Bertz CT molecular complexity index is 1210. The zero-order valence-corrected chi connectivity index (χ0v) is 19.6. The van der Waals surface area contributed by atoms with Crippen LogP contribution in [0.3, 0.4) is 0 Å². The van der Waals surface area contributed by atoms with Gasteiger partial charge in [0, 0.05) is 48.9 Å². The number of hydrogen-bond donors (Lipinski definition) is 1. The number of amides is 4. The summed E-state index contributed by atoms with van der Waals surface area (Å²) >= 11 is 6.23. The van der Waals surface area contributed by atoms with Gasteiger partial charge in [0.1, 0.15) is 6.04 Å². The van der Waals surface area contributed by atoms with Crippen LogP contribution in [0.25, 0.3) is 0 Å². The van der Waals surface area contributed by atoms with Crippen molar-refractivity contribution < 1.29 is 19.2 Å². The van der Waals surface area contributed by atoms with E-state index in [1.54, 1.807) is 15.9 Å². The number of hydrogen-bond acceptors (Lipinski definition) is 5. The van der Waals surface area contributed by atoms with Gasteiger partial charge in [-0.25, -0.2) is 0 Å². The van der Waals surface area contributed by atoms with E-state index in [0.29, 0.717) is 43.2 Å². The molecule has 0 radical (unpaired) electrons. The van der Waals surface area contributed by atoms with Gasteiger partial charge in [-0.2, -0.15) is 0 Å². The molecule has 1 atom stereocenters. The number of rotatable bonds is 4. The Labute approximate surface area is 202 Å². The zero-order valence-electron chi connectivity index (χ0n) is 18.8. The van der Waals surface area contributed by atoms with Crippen LogP contribution in [0.15, 0.2) is 36.4 Å². The van der Waals surface area contributed by atoms with E-state index < -0.39 is 11.9 Å². The Morgan fingerprint density at radius 1 is 1.03 bits per heavy atom. The van der Waals surface area contributed by atoms with Gasteiger partial charge in [-0.3, -0.25) is 29.4 Å². The standard InChI is InChI=1S/C25H25ClN4O4/c1-15-2-4-18(11-20(15)26)29-9-8-28(14-23(29)32)12-16-3-5-19-17(10-16)13-30(25(19)34)21-6-7-22(31)27-24(21)33/h2-5,10-11,21H,6-9,12-14H2,1H3,(H,27,31,33). The molecule has 0 aromatic heterocycles. The molecule has 0 spiro atoms. The van der Waals surface area contributed by atoms with Crippen molar-refractivity contribution in [3.63, 3.8) is 0 Å². The summed E-state index contributed by atoms with van der Waals surface area (Å²) in [5.74, 6) is -0.875. The lowest BCUT2D eigenvalue weighted by molar-refractivity contribution is -0.137. The van der Waals surface area contributed by atoms with Crippen LogP contribution >= 0.6 is 11.6 Å². The molecule has 3 heterocycles. The first kappa shape index (κ1) is 22.6. The average Bonchev–Trinajstić information content (AvgIpc) is 3.11. The predicted octanol–water partition coefficient (Wildman–Crippen LogP) is 2.26. The highest BCUT2D eigenvalue weighted by Gasteiger charge is 2.39. The molecule has 2 aromatic rings. The van der Waals surface area contributed by atoms with Crippen molar-refractivity contribution in [2.45, 2.75) is 38.9 Å². The molecule has 0 saturated carbocycles. The second-order valence-corrected chi connectivity index (χ2v) is 9.49. The number of halogens is 1. The largest absolute Gasteiger partial charge is 0.322 e. The maximum atomic E-state index is 12.9. The number of carbonyl (C=O) groups excluding carboxylic acids is 4. The number of nitrogens with one attached hydrogen (secondary N) is 1. The predicted molar refractivity (Wildman–Crippen MR) is 126 cm³/mol. The van der Waals surface area contributed by atoms with Crippen LogP contribution in [0.2, 0.25) is 5.02 Å². The van der Waals surface area contributed by atoms with Gasteiger partial charge in [0.25, 0.3) is 5.91 Å². The Morgan fingerprint density at radius 2 is 1.85 bits per heavy atom. The Morgan fingerprint density at radius 3 is 2.59 bits per heavy atom. The lowest BCUT2D eigenvalue weighted by atomic mass is 10.0. The second-order valence-electron chi connectivity index (χ2n) is 9.08. The van der Waals surface area contributed by atoms with Crippen LogP contribution in [0, 0.1) is 6.92 Å². The van der Waals surface area contributed by atoms with Crippen molar-refractivity contribution in [2.75, 3.05) is 24.5 Å². The number of anilines is 1. The third kappa shape index (κ3) is 4.19. The molecule has 1 unspecified atom stereocenters. The lowest BCUT2D eigenvalue weighted by Crippen LogP contribution is -2.52. The number of fused-ring (bicyclic) bond motifs is 1. The molecule has 4 amide bonds. The maximum absolute atomic E-state index is 12.9. The molecule has 1 N–H and O–H groups in total. The topological polar surface area (TPSA) is 90.0 Å². The van der Waals surface area contributed by atoms with Crippen molar-refractivity contribution in [1.82, 2.24) is 15.1 Å². The second kappa shape index (κ2) is 8.85. The van der Waals surface area contributed by atoms with Crippen LogP contribution in [0.4, 0.5) is 5.69 Å². The van der Waals surface area contributed by atoms with Crippen LogP contribution in [-0.4, -0.2) is 59.1 Å². The zero-order chi connectivity index (χ0) is 24.0. The molecule has 2 fully saturated rings. The Kier molecular flexibility index (Phi) is 5.87. The number of piperazine rings is 1. The van der Waals surface area contributed by atoms with Crippen molar-refractivity contribution in [2.24, 2.45) is 0 Å². The summed E-state index contributed by atoms with van der Waals surface area (Å²) in [6.45, 7) is 4.45. The van der Waals surface area contributed by atoms with Crippen molar-refractivity contribution in [3.8, 4) is 0 Å². The van der Waals surface area contributed by atoms with Gasteiger partial charge >= 0.3 is 0 Å². The van der Waals surface area contributed by atoms with Gasteiger partial charge in [-0.15, -0.1) is 0 Å². The molecule has 3 aliphatic rings. The number of aryl methyl sites for hydroxylation is 1. The van der Waals surface area contributed by atoms with Gasteiger partial charge in [0.15, 0.2) is 0 Å². The SMILES string of the molecule is Cc1ccc(N2CCN(Cc3ccc4c(c3)CN(C3CCC(=O)NC3=O)C4=O)CC2=O)cc1Cl. The minimum atomic E-state index is -0.623. The molecule has 0 bridgehead atoms. The number of piperidine rings is 1. The first-order valence-corrected chi connectivity index (χ1v) is 11.7. The lowest BCUT2D eigenvalue weighted by Gasteiger charge is -2.34. The fraction of sp³-hybridized carbons (Fsp3) is 0.360. The average molecular weight is 481 g/mol. The third-order valence-corrected chi connectivity index (χ3v) is 7.17. The summed E-state index contributed by atoms with van der Waals surface area (Å²) in [7, 11) is 0. The molecule has 3 aliphatic heterocycles. The molecular formula is C25H25ClN4O4. The number of imide groups is 1. The van der Waals surface area contributed by atoms with Gasteiger partial charge < -0.3 is 9.80 Å². The molecule has 9 heteroatoms. The number of nitrogens with zero attached hydrogens (tertiary/aromatic N) is 3. The first-order valence-electron chi connectivity index (χ1n) is 11.4. The molecule has 176 valence electrons. The minimum Gasteiger partial charge on any atom is -0.322 e. The van der Waals surface area contributed by atoms with Gasteiger partial charge in [0.05, 0.1) is 6.54 Å². The highest BCUT2D eigenvalue weighted by atomic mass is 35.5. The van der Waals surface area contributed by atoms with E-state index in [-0.39, 0.29) is 24.1 Å². The summed E-state index contributed by atoms with van der Waals surface area (Å²) in [6, 6.07) is 10.7. The fourth-order valence-corrected chi connectivity index (χ4v) is 5.04. The first-order chi connectivity index (χ1) is 16.3. The van der Waals surface area contributed by atoms with E-state index in [9.17, 15) is 19.2 Å². The molecule has 8 nitrogen and oxygen atoms in total. The van der Waals surface area contributed by atoms with E-state index in [2.05, 4.69) is 10.2 Å². The summed E-state index contributed by atoms with van der Waals surface area (Å²) in [5, 5.41) is 2.97. The molecular weight excluding hydrogens is 456 g/mol. The van der Waals surface area contributed by atoms with Crippen LogP contribution < -0.4 is 10.2 Å². The smallest absolute Gasteiger partial charge is 0.255 e. The Balaban J connectivity index is 1.24. The fourth-order valence-electron chi connectivity index (χ4n) is 4.86. The van der Waals surface area contributed by atoms with E-state index in [4.69, 9.17) is 11.6 Å². The minimum absolute atomic E-state index is 0.0199. The van der Waals surface area contributed by atoms with Crippen molar-refractivity contribution >= 4 is 40.9 Å². The molecule has 34 heavy (non-hydrogen) atoms. The number of carbonyl (C=O) groups is 4. The summed E-state index contributed by atoms with van der Waals surface area (Å²) in [6.07, 6.45) is 0.576. The van der Waals surface area contributed by atoms with Crippen LogP contribution in [0.5, 0.6) is 0 Å². The monoisotopic (exact) mass is 480 g/mol. The van der Waals surface area contributed by atoms with Gasteiger partial charge in [-0.05, 0) is 48.2 Å². The quantitative estimate of drug-likeness (QED) is 0.678. The third-order valence-electron chi connectivity index (χ3n) is 6.76. The highest BCUT2D eigenvalue weighted by molar-refractivity contribution is 6.31. The molecule has 2 aromatic carbocycles. The van der Waals surface area contributed by atoms with Gasteiger partial charge in [0.2, 0.25) is 17.7 Å². The van der Waals surface area contributed by atoms with Gasteiger partial charge in [-0.1, -0.05) is 29.8 Å². The van der Waals surface area contributed by atoms with Crippen LogP contribution in [-0.2, 0) is 27.5 Å². The van der Waals surface area contributed by atoms with Crippen LogP contribution in [0.1, 0.15) is 39.9 Å². The maximum Gasteiger partial charge on any atom is 0.255 e. The molecule has 2 saturated heterocycles. The number of benzene rings is 2. The normalized spacial score (nSPS) is 21.2. The molecule has 0 aliphatic carbocycles. The summed E-state index contributed by atoms with van der Waals surface area (Å²) < 4.78 is 0. The summed E-state index contributed by atoms with van der Waals surface area (Å²) in [4.78, 5) is 54.8.